The van der Waals surface area contributed by atoms with E-state index < -0.39 is 21.1 Å². The topological polar surface area (TPSA) is 178 Å². The molecule has 1 unspecified atom stereocenters. The fraction of sp³-hybridized carbons (Fsp3) is 0.458. The smallest absolute Gasteiger partial charge is 0.295 e. The molecule has 15 heteroatoms. The highest BCUT2D eigenvalue weighted by molar-refractivity contribution is 7.86. The number of nitrogens with zero attached hydrogens (tertiary/aromatic N) is 2. The maximum atomic E-state index is 12.3. The quantitative estimate of drug-likeness (QED) is 0.0764. The largest absolute Gasteiger partial charge is 0.379 e. The average molecular weight is 586 g/mol. The minimum atomic E-state index is -4.37. The molecule has 1 aromatic carbocycles. The Bertz CT molecular complexity index is 1160. The second kappa shape index (κ2) is 18.5. The van der Waals surface area contributed by atoms with Crippen molar-refractivity contribution in [3.63, 3.8) is 0 Å². The predicted molar refractivity (Wildman–Crippen MR) is 148 cm³/mol. The van der Waals surface area contributed by atoms with E-state index in [1.807, 2.05) is 0 Å². The zero-order valence-corrected chi connectivity index (χ0v) is 23.3. The van der Waals surface area contributed by atoms with Crippen LogP contribution in [-0.2, 0) is 35.3 Å². The van der Waals surface area contributed by atoms with Crippen molar-refractivity contribution in [3.05, 3.63) is 53.7 Å². The van der Waals surface area contributed by atoms with Gasteiger partial charge in [-0.1, -0.05) is 18.2 Å². The van der Waals surface area contributed by atoms with Gasteiger partial charge < -0.3 is 19.5 Å². The summed E-state index contributed by atoms with van der Waals surface area (Å²) in [4.78, 5) is 16.1. The normalized spacial score (nSPS) is 12.5. The molecule has 0 saturated carbocycles. The molecule has 0 aliphatic carbocycles. The first-order valence-corrected chi connectivity index (χ1v) is 15.2. The van der Waals surface area contributed by atoms with E-state index in [1.54, 1.807) is 24.5 Å². The number of aromatic nitrogens is 1. The number of benzene rings is 1. The Morgan fingerprint density at radius 3 is 2.26 bits per heavy atom. The van der Waals surface area contributed by atoms with E-state index in [9.17, 15) is 22.0 Å². The fourth-order valence-corrected chi connectivity index (χ4v) is 4.10. The summed E-state index contributed by atoms with van der Waals surface area (Å²) >= 11 is 0. The van der Waals surface area contributed by atoms with Gasteiger partial charge in [0.2, 0.25) is 0 Å². The molecule has 0 aliphatic heterocycles. The van der Waals surface area contributed by atoms with Crippen molar-refractivity contribution in [1.29, 1.82) is 0 Å². The van der Waals surface area contributed by atoms with Crippen molar-refractivity contribution in [2.75, 3.05) is 64.4 Å². The molecule has 0 bridgehead atoms. The van der Waals surface area contributed by atoms with Gasteiger partial charge in [-0.25, -0.2) is 13.9 Å². The van der Waals surface area contributed by atoms with Gasteiger partial charge in [0.15, 0.2) is 0 Å². The van der Waals surface area contributed by atoms with Gasteiger partial charge in [-0.3, -0.25) is 14.8 Å². The van der Waals surface area contributed by atoms with Gasteiger partial charge in [-0.2, -0.15) is 13.5 Å². The van der Waals surface area contributed by atoms with E-state index in [-0.39, 0.29) is 16.4 Å². The van der Waals surface area contributed by atoms with Crippen molar-refractivity contribution in [1.82, 2.24) is 15.0 Å². The van der Waals surface area contributed by atoms with Crippen molar-refractivity contribution < 1.29 is 36.2 Å². The summed E-state index contributed by atoms with van der Waals surface area (Å²) in [6.07, 6.45) is 5.65. The Hall–Kier alpha value is -2.79. The van der Waals surface area contributed by atoms with Crippen molar-refractivity contribution in [3.8, 4) is 0 Å². The molecular weight excluding hydrogens is 550 g/mol. The van der Waals surface area contributed by atoms with Gasteiger partial charge in [-0.05, 0) is 31.0 Å². The number of carbonyl (C=O) groups excluding carboxylic acids is 1. The third-order valence-corrected chi connectivity index (χ3v) is 6.41. The van der Waals surface area contributed by atoms with Crippen LogP contribution in [0.5, 0.6) is 0 Å². The Labute approximate surface area is 231 Å². The molecule has 1 amide bonds. The van der Waals surface area contributed by atoms with E-state index in [1.165, 1.54) is 30.6 Å². The molecule has 13 nitrogen and oxygen atoms in total. The van der Waals surface area contributed by atoms with E-state index in [2.05, 4.69) is 25.6 Å². The molecule has 0 fully saturated rings. The molecule has 2 rings (SSSR count). The number of hydrogen-bond donors (Lipinski definition) is 4. The third-order valence-electron chi connectivity index (χ3n) is 4.87. The lowest BCUT2D eigenvalue weighted by atomic mass is 10.2. The number of pyridine rings is 1. The number of hydrogen-bond acceptors (Lipinski definition) is 10. The summed E-state index contributed by atoms with van der Waals surface area (Å²) in [7, 11) is -5.37. The Morgan fingerprint density at radius 1 is 1.00 bits per heavy atom. The molecule has 216 valence electrons. The molecule has 2 aromatic rings. The van der Waals surface area contributed by atoms with Crippen LogP contribution in [0.3, 0.4) is 0 Å². The van der Waals surface area contributed by atoms with Gasteiger partial charge in [0.25, 0.3) is 16.0 Å². The number of ether oxygens (including phenoxy) is 3. The number of amides is 1. The van der Waals surface area contributed by atoms with E-state index in [0.717, 1.165) is 6.42 Å². The minimum Gasteiger partial charge on any atom is -0.379 e. The molecule has 0 aliphatic rings. The molecule has 4 N–H and O–H groups in total. The Morgan fingerprint density at radius 2 is 1.64 bits per heavy atom. The zero-order chi connectivity index (χ0) is 28.3. The van der Waals surface area contributed by atoms with Gasteiger partial charge >= 0.3 is 0 Å². The first kappa shape index (κ1) is 32.4. The van der Waals surface area contributed by atoms with Crippen molar-refractivity contribution in [2.24, 2.45) is 5.10 Å². The number of rotatable bonds is 20. The van der Waals surface area contributed by atoms with Crippen LogP contribution < -0.4 is 15.5 Å². The minimum absolute atomic E-state index is 0.207. The van der Waals surface area contributed by atoms with E-state index >= 15 is 0 Å². The molecule has 39 heavy (non-hydrogen) atoms. The Kier molecular flexibility index (Phi) is 15.4. The number of carbonyl (C=O) groups is 1. The maximum Gasteiger partial charge on any atom is 0.295 e. The van der Waals surface area contributed by atoms with Crippen LogP contribution in [0.25, 0.3) is 0 Å². The highest BCUT2D eigenvalue weighted by atomic mass is 32.2. The van der Waals surface area contributed by atoms with E-state index in [0.29, 0.717) is 70.5 Å². The first-order valence-electron chi connectivity index (χ1n) is 12.2. The number of hydrazone groups is 1. The van der Waals surface area contributed by atoms with Crippen molar-refractivity contribution in [2.45, 2.75) is 17.7 Å². The molecule has 0 saturated heterocycles. The van der Waals surface area contributed by atoms with Gasteiger partial charge in [0.05, 0.1) is 49.2 Å². The van der Waals surface area contributed by atoms with E-state index in [4.69, 9.17) is 14.2 Å². The zero-order valence-electron chi connectivity index (χ0n) is 21.7. The summed E-state index contributed by atoms with van der Waals surface area (Å²) in [5, 5.41) is 6.72. The summed E-state index contributed by atoms with van der Waals surface area (Å²) < 4.78 is 62.1. The van der Waals surface area contributed by atoms with Gasteiger partial charge in [-0.15, -0.1) is 0 Å². The lowest BCUT2D eigenvalue weighted by Gasteiger charge is -2.08. The van der Waals surface area contributed by atoms with Crippen LogP contribution in [0.15, 0.2) is 52.6 Å². The molecule has 1 heterocycles. The van der Waals surface area contributed by atoms with Crippen molar-refractivity contribution >= 4 is 39.0 Å². The highest BCUT2D eigenvalue weighted by Crippen LogP contribution is 2.13. The number of nitrogens with one attached hydrogen (secondary N) is 3. The standard InChI is InChI=1S/C24H35N5O8S2/c1-38(31)28-11-5-13-36-15-17-37-16-14-35-12-4-10-25-24(30)21-8-9-23(26-18-21)29-27-19-20-6-2-3-7-22(20)39(32,33)34/h2-3,6-9,18-19,28H,4-5,10-17H2,1H3,(H,25,30)(H,26,29)(H,32,33,34)/b27-19+. The summed E-state index contributed by atoms with van der Waals surface area (Å²) in [6, 6.07) is 9.00. The second-order valence-corrected chi connectivity index (χ2v) is 10.6. The summed E-state index contributed by atoms with van der Waals surface area (Å²) in [5.74, 6) is 0.0686. The number of anilines is 1. The fourth-order valence-electron chi connectivity index (χ4n) is 2.99. The predicted octanol–water partition coefficient (Wildman–Crippen LogP) is 1.22. The summed E-state index contributed by atoms with van der Waals surface area (Å²) in [6.45, 7) is 4.01. The SMILES string of the molecule is CS(=O)NCCCOCCOCCOCCCNC(=O)c1ccc(N/N=C/c2ccccc2S(=O)(=O)O)nc1. The second-order valence-electron chi connectivity index (χ2n) is 7.96. The molecule has 0 radical (unpaired) electrons. The van der Waals surface area contributed by atoms with Crippen LogP contribution in [0.1, 0.15) is 28.8 Å². The van der Waals surface area contributed by atoms with Crippen LogP contribution in [0.4, 0.5) is 5.82 Å². The van der Waals surface area contributed by atoms with Crippen LogP contribution in [0.2, 0.25) is 0 Å². The molecular formula is C24H35N5O8S2. The maximum absolute atomic E-state index is 12.3. The highest BCUT2D eigenvalue weighted by Gasteiger charge is 2.13. The first-order chi connectivity index (χ1) is 18.8. The molecule has 1 aromatic heterocycles. The monoisotopic (exact) mass is 585 g/mol. The average Bonchev–Trinajstić information content (AvgIpc) is 2.90. The van der Waals surface area contributed by atoms with Crippen LogP contribution in [-0.4, -0.2) is 93.3 Å². The third kappa shape index (κ3) is 14.2. The van der Waals surface area contributed by atoms with Gasteiger partial charge in [0, 0.05) is 44.3 Å². The summed E-state index contributed by atoms with van der Waals surface area (Å²) in [5.41, 5.74) is 3.22. The van der Waals surface area contributed by atoms with Crippen LogP contribution in [0, 0.1) is 0 Å². The molecule has 1 atom stereocenters. The molecule has 0 spiro atoms. The van der Waals surface area contributed by atoms with Crippen LogP contribution >= 0.6 is 0 Å². The Balaban J connectivity index is 1.53. The van der Waals surface area contributed by atoms with Gasteiger partial charge in [0.1, 0.15) is 10.7 Å². The lowest BCUT2D eigenvalue weighted by Crippen LogP contribution is -2.25. The lowest BCUT2D eigenvalue weighted by molar-refractivity contribution is 0.0140.